The molecule has 2 saturated heterocycles. The molecule has 0 aliphatic carbocycles. The summed E-state index contributed by atoms with van der Waals surface area (Å²) < 4.78 is 37.5. The number of rotatable bonds is 4. The first-order valence-electron chi connectivity index (χ1n) is 9.01. The third kappa shape index (κ3) is 5.08. The highest BCUT2D eigenvalue weighted by Gasteiger charge is 2.40. The van der Waals surface area contributed by atoms with E-state index in [9.17, 15) is 22.8 Å². The maximum Gasteiger partial charge on any atom is 0.406 e. The molecule has 2 heterocycles. The van der Waals surface area contributed by atoms with Crippen LogP contribution >= 0.6 is 11.6 Å². The van der Waals surface area contributed by atoms with Crippen LogP contribution in [0.4, 0.5) is 24.5 Å². The number of likely N-dealkylation sites (tertiary alicyclic amines) is 1. The van der Waals surface area contributed by atoms with E-state index >= 15 is 0 Å². The fraction of sp³-hybridized carbons (Fsp3) is 0.556. The standard InChI is InChI=1S/C18H22ClF3N4O2/c1-24-4-6-25(7-5-24)15-3-2-13(9-14(15)19)23-17(28)12-8-16(27)26(10-12)11-18(20,21)22/h2-3,9,12H,4-8,10-11H2,1H3,(H,23,28). The SMILES string of the molecule is CN1CCN(c2ccc(NC(=O)C3CC(=O)N(CC(F)(F)F)C3)cc2Cl)CC1. The Bertz CT molecular complexity index is 751. The lowest BCUT2D eigenvalue weighted by atomic mass is 10.1. The largest absolute Gasteiger partial charge is 0.406 e. The molecule has 154 valence electrons. The molecule has 1 unspecified atom stereocenters. The third-order valence-corrected chi connectivity index (χ3v) is 5.32. The molecule has 0 saturated carbocycles. The normalized spacial score (nSPS) is 21.3. The number of likely N-dealkylation sites (N-methyl/N-ethyl adjacent to an activating group) is 1. The van der Waals surface area contributed by atoms with Gasteiger partial charge in [-0.1, -0.05) is 11.6 Å². The molecule has 1 aromatic rings. The lowest BCUT2D eigenvalue weighted by molar-refractivity contribution is -0.157. The minimum Gasteiger partial charge on any atom is -0.368 e. The number of hydrogen-bond donors (Lipinski definition) is 1. The van der Waals surface area contributed by atoms with Crippen molar-refractivity contribution in [3.63, 3.8) is 0 Å². The highest BCUT2D eigenvalue weighted by Crippen LogP contribution is 2.30. The number of carbonyl (C=O) groups excluding carboxylic acids is 2. The van der Waals surface area contributed by atoms with Crippen LogP contribution in [0, 0.1) is 5.92 Å². The molecule has 0 radical (unpaired) electrons. The van der Waals surface area contributed by atoms with E-state index in [1.54, 1.807) is 12.1 Å². The van der Waals surface area contributed by atoms with Crippen molar-refractivity contribution < 1.29 is 22.8 Å². The summed E-state index contributed by atoms with van der Waals surface area (Å²) in [5.41, 5.74) is 1.33. The van der Waals surface area contributed by atoms with Crippen LogP contribution in [0.2, 0.25) is 5.02 Å². The van der Waals surface area contributed by atoms with Crippen LogP contribution in [0.1, 0.15) is 6.42 Å². The average molecular weight is 419 g/mol. The fourth-order valence-electron chi connectivity index (χ4n) is 3.45. The van der Waals surface area contributed by atoms with Crippen LogP contribution in [-0.4, -0.2) is 74.1 Å². The molecule has 0 bridgehead atoms. The van der Waals surface area contributed by atoms with E-state index in [1.165, 1.54) is 0 Å². The second-order valence-corrected chi connectivity index (χ2v) is 7.64. The predicted octanol–water partition coefficient (Wildman–Crippen LogP) is 2.44. The van der Waals surface area contributed by atoms with Gasteiger partial charge in [0.15, 0.2) is 0 Å². The van der Waals surface area contributed by atoms with Crippen molar-refractivity contribution in [2.45, 2.75) is 12.6 Å². The van der Waals surface area contributed by atoms with Gasteiger partial charge in [0.1, 0.15) is 6.54 Å². The zero-order valence-corrected chi connectivity index (χ0v) is 16.2. The van der Waals surface area contributed by atoms with Crippen molar-refractivity contribution in [1.29, 1.82) is 0 Å². The maximum absolute atomic E-state index is 12.5. The van der Waals surface area contributed by atoms with Crippen molar-refractivity contribution in [2.24, 2.45) is 5.92 Å². The minimum absolute atomic E-state index is 0.227. The number of benzene rings is 1. The molecule has 0 aromatic heterocycles. The van der Waals surface area contributed by atoms with Gasteiger partial charge in [-0.15, -0.1) is 0 Å². The summed E-state index contributed by atoms with van der Waals surface area (Å²) in [4.78, 5) is 29.2. The quantitative estimate of drug-likeness (QED) is 0.816. The number of alkyl halides is 3. The maximum atomic E-state index is 12.5. The van der Waals surface area contributed by atoms with E-state index in [0.717, 1.165) is 31.9 Å². The summed E-state index contributed by atoms with van der Waals surface area (Å²) in [7, 11) is 2.06. The molecule has 2 aliphatic heterocycles. The Morgan fingerprint density at radius 1 is 1.25 bits per heavy atom. The summed E-state index contributed by atoms with van der Waals surface area (Å²) >= 11 is 6.37. The number of halogens is 4. The molecule has 3 rings (SSSR count). The second-order valence-electron chi connectivity index (χ2n) is 7.24. The minimum atomic E-state index is -4.48. The van der Waals surface area contributed by atoms with Gasteiger partial charge in [0.25, 0.3) is 0 Å². The molecule has 0 spiro atoms. The molecule has 6 nitrogen and oxygen atoms in total. The first kappa shape index (κ1) is 20.7. The van der Waals surface area contributed by atoms with E-state index in [2.05, 4.69) is 22.2 Å². The molecule has 2 amide bonds. The van der Waals surface area contributed by atoms with Crippen LogP contribution in [0.15, 0.2) is 18.2 Å². The van der Waals surface area contributed by atoms with E-state index < -0.39 is 30.5 Å². The molecule has 1 atom stereocenters. The Kier molecular flexibility index (Phi) is 6.04. The zero-order valence-electron chi connectivity index (χ0n) is 15.4. The van der Waals surface area contributed by atoms with Crippen LogP contribution in [0.5, 0.6) is 0 Å². The van der Waals surface area contributed by atoms with Crippen LogP contribution in [-0.2, 0) is 9.59 Å². The Labute approximate surface area is 166 Å². The smallest absolute Gasteiger partial charge is 0.368 e. The summed E-state index contributed by atoms with van der Waals surface area (Å²) in [6.45, 7) is 1.98. The fourth-order valence-corrected chi connectivity index (χ4v) is 3.75. The number of amides is 2. The van der Waals surface area contributed by atoms with Crippen LogP contribution in [0.25, 0.3) is 0 Å². The third-order valence-electron chi connectivity index (χ3n) is 5.01. The Morgan fingerprint density at radius 3 is 2.54 bits per heavy atom. The van der Waals surface area contributed by atoms with Crippen molar-refractivity contribution >= 4 is 34.8 Å². The summed E-state index contributed by atoms with van der Waals surface area (Å²) in [5.74, 6) is -1.96. The number of piperazine rings is 1. The molecular formula is C18H22ClF3N4O2. The predicted molar refractivity (Wildman–Crippen MR) is 101 cm³/mol. The van der Waals surface area contributed by atoms with Crippen molar-refractivity contribution in [3.8, 4) is 0 Å². The van der Waals surface area contributed by atoms with Gasteiger partial charge in [-0.3, -0.25) is 9.59 Å². The Balaban J connectivity index is 1.60. The lowest BCUT2D eigenvalue weighted by Gasteiger charge is -2.34. The van der Waals surface area contributed by atoms with Gasteiger partial charge >= 0.3 is 6.18 Å². The van der Waals surface area contributed by atoms with E-state index in [-0.39, 0.29) is 13.0 Å². The average Bonchev–Trinajstić information content (AvgIpc) is 2.95. The van der Waals surface area contributed by atoms with Gasteiger partial charge in [-0.25, -0.2) is 0 Å². The van der Waals surface area contributed by atoms with E-state index in [0.29, 0.717) is 15.6 Å². The number of anilines is 2. The van der Waals surface area contributed by atoms with Gasteiger partial charge in [0.05, 0.1) is 16.6 Å². The van der Waals surface area contributed by atoms with E-state index in [1.807, 2.05) is 6.07 Å². The molecular weight excluding hydrogens is 397 g/mol. The summed E-state index contributed by atoms with van der Waals surface area (Å²) in [6.07, 6.45) is -4.71. The van der Waals surface area contributed by atoms with Gasteiger partial charge in [-0.2, -0.15) is 13.2 Å². The van der Waals surface area contributed by atoms with E-state index in [4.69, 9.17) is 11.6 Å². The summed E-state index contributed by atoms with van der Waals surface area (Å²) in [5, 5.41) is 3.14. The van der Waals surface area contributed by atoms with Gasteiger partial charge in [0.2, 0.25) is 11.8 Å². The lowest BCUT2D eigenvalue weighted by Crippen LogP contribution is -2.44. The zero-order chi connectivity index (χ0) is 20.5. The number of hydrogen-bond acceptors (Lipinski definition) is 4. The second kappa shape index (κ2) is 8.16. The number of nitrogens with one attached hydrogen (secondary N) is 1. The molecule has 1 aromatic carbocycles. The first-order chi connectivity index (χ1) is 13.1. The number of carbonyl (C=O) groups is 2. The van der Waals surface area contributed by atoms with Gasteiger partial charge in [-0.05, 0) is 25.2 Å². The van der Waals surface area contributed by atoms with Crippen molar-refractivity contribution in [1.82, 2.24) is 9.80 Å². The van der Waals surface area contributed by atoms with Gasteiger partial charge < -0.3 is 20.0 Å². The van der Waals surface area contributed by atoms with Crippen molar-refractivity contribution in [3.05, 3.63) is 23.2 Å². The first-order valence-corrected chi connectivity index (χ1v) is 9.38. The molecule has 28 heavy (non-hydrogen) atoms. The molecule has 10 heteroatoms. The molecule has 2 aliphatic rings. The van der Waals surface area contributed by atoms with Crippen molar-refractivity contribution in [2.75, 3.05) is 56.5 Å². The molecule has 1 N–H and O–H groups in total. The number of nitrogens with zero attached hydrogens (tertiary/aromatic N) is 3. The van der Waals surface area contributed by atoms with Crippen LogP contribution < -0.4 is 10.2 Å². The summed E-state index contributed by atoms with van der Waals surface area (Å²) in [6, 6.07) is 5.15. The Morgan fingerprint density at radius 2 is 1.93 bits per heavy atom. The topological polar surface area (TPSA) is 55.9 Å². The van der Waals surface area contributed by atoms with Crippen LogP contribution in [0.3, 0.4) is 0 Å². The molecule has 2 fully saturated rings. The van der Waals surface area contributed by atoms with Gasteiger partial charge in [0, 0.05) is 44.8 Å². The highest BCUT2D eigenvalue weighted by atomic mass is 35.5. The monoisotopic (exact) mass is 418 g/mol. The Hall–Kier alpha value is -2.00. The highest BCUT2D eigenvalue weighted by molar-refractivity contribution is 6.33.